The second-order valence-electron chi connectivity index (χ2n) is 7.54. The minimum atomic E-state index is -0.0847. The SMILES string of the molecule is CSC(=N/C=C(\O)O[C@@H]1C[C@H](C)CC[C@H]1C(C)(C)c1ccccc1)SC. The van der Waals surface area contributed by atoms with Crippen molar-refractivity contribution in [1.29, 1.82) is 0 Å². The van der Waals surface area contributed by atoms with Crippen LogP contribution >= 0.6 is 23.5 Å². The molecule has 1 fully saturated rings. The van der Waals surface area contributed by atoms with Crippen molar-refractivity contribution in [2.75, 3.05) is 12.5 Å². The minimum absolute atomic E-state index is 0.00702. The largest absolute Gasteiger partial charge is 0.480 e. The summed E-state index contributed by atoms with van der Waals surface area (Å²) in [5.74, 6) is 0.867. The summed E-state index contributed by atoms with van der Waals surface area (Å²) < 4.78 is 6.91. The fraction of sp³-hybridized carbons (Fsp3) is 0.571. The number of nitrogens with zero attached hydrogens (tertiary/aromatic N) is 1. The summed E-state index contributed by atoms with van der Waals surface area (Å²) in [6, 6.07) is 10.6. The van der Waals surface area contributed by atoms with E-state index < -0.39 is 0 Å². The monoisotopic (exact) mass is 393 g/mol. The van der Waals surface area contributed by atoms with Crippen LogP contribution in [0.4, 0.5) is 0 Å². The fourth-order valence-corrected chi connectivity index (χ4v) is 4.83. The van der Waals surface area contributed by atoms with Gasteiger partial charge in [-0.15, -0.1) is 23.5 Å². The summed E-state index contributed by atoms with van der Waals surface area (Å²) in [6.07, 6.45) is 8.64. The van der Waals surface area contributed by atoms with Gasteiger partial charge in [-0.25, -0.2) is 4.99 Å². The predicted octanol–water partition coefficient (Wildman–Crippen LogP) is 6.22. The lowest BCUT2D eigenvalue weighted by atomic mass is 9.64. The van der Waals surface area contributed by atoms with Crippen LogP contribution < -0.4 is 0 Å². The van der Waals surface area contributed by atoms with Crippen molar-refractivity contribution in [3.05, 3.63) is 48.0 Å². The topological polar surface area (TPSA) is 41.8 Å². The van der Waals surface area contributed by atoms with Crippen molar-refractivity contribution in [1.82, 2.24) is 0 Å². The van der Waals surface area contributed by atoms with Crippen molar-refractivity contribution >= 4 is 27.9 Å². The van der Waals surface area contributed by atoms with Gasteiger partial charge in [0, 0.05) is 5.92 Å². The maximum Gasteiger partial charge on any atom is 0.296 e. The normalized spacial score (nSPS) is 24.2. The Bertz CT molecular complexity index is 622. The van der Waals surface area contributed by atoms with E-state index in [-0.39, 0.29) is 17.5 Å². The smallest absolute Gasteiger partial charge is 0.296 e. The lowest BCUT2D eigenvalue weighted by molar-refractivity contribution is -0.0511. The highest BCUT2D eigenvalue weighted by Gasteiger charge is 2.41. The van der Waals surface area contributed by atoms with E-state index in [4.69, 9.17) is 4.74 Å². The van der Waals surface area contributed by atoms with Crippen molar-refractivity contribution in [2.45, 2.75) is 51.6 Å². The molecule has 144 valence electrons. The van der Waals surface area contributed by atoms with E-state index in [2.05, 4.69) is 56.1 Å². The van der Waals surface area contributed by atoms with Crippen LogP contribution in [0.2, 0.25) is 0 Å². The van der Waals surface area contributed by atoms with Gasteiger partial charge in [-0.3, -0.25) is 0 Å². The quantitative estimate of drug-likeness (QED) is 0.366. The molecule has 0 radical (unpaired) electrons. The van der Waals surface area contributed by atoms with Crippen molar-refractivity contribution < 1.29 is 9.84 Å². The molecule has 0 spiro atoms. The third-order valence-corrected chi connectivity index (χ3v) is 7.31. The number of aliphatic hydroxyl groups excluding tert-OH is 1. The number of ether oxygens (including phenoxy) is 1. The first-order valence-corrected chi connectivity index (χ1v) is 11.6. The van der Waals surface area contributed by atoms with Crippen LogP contribution in [0.1, 0.15) is 45.6 Å². The molecule has 5 heteroatoms. The molecular formula is C21H31NO2S2. The summed E-state index contributed by atoms with van der Waals surface area (Å²) in [7, 11) is 0. The molecule has 3 nitrogen and oxygen atoms in total. The second-order valence-corrected chi connectivity index (χ2v) is 9.39. The maximum absolute atomic E-state index is 10.3. The molecule has 1 aliphatic carbocycles. The van der Waals surface area contributed by atoms with Gasteiger partial charge in [0.2, 0.25) is 0 Å². The van der Waals surface area contributed by atoms with E-state index in [0.29, 0.717) is 11.8 Å². The third kappa shape index (κ3) is 5.46. The van der Waals surface area contributed by atoms with Crippen molar-refractivity contribution in [3.63, 3.8) is 0 Å². The molecule has 0 aromatic heterocycles. The molecule has 0 amide bonds. The van der Waals surface area contributed by atoms with Gasteiger partial charge in [0.15, 0.2) is 0 Å². The van der Waals surface area contributed by atoms with Crippen LogP contribution in [0.25, 0.3) is 0 Å². The second kappa shape index (κ2) is 9.75. The van der Waals surface area contributed by atoms with E-state index in [9.17, 15) is 5.11 Å². The van der Waals surface area contributed by atoms with E-state index in [0.717, 1.165) is 17.2 Å². The molecule has 1 aromatic carbocycles. The average Bonchev–Trinajstić information content (AvgIpc) is 2.63. The molecule has 0 heterocycles. The summed E-state index contributed by atoms with van der Waals surface area (Å²) in [6.45, 7) is 6.84. The number of aliphatic hydroxyl groups is 1. The standard InChI is InChI=1S/C21H31NO2S2/c1-15-11-12-17(21(2,3)16-9-7-6-8-10-16)18(13-15)24-19(23)14-22-20(25-4)26-5/h6-10,14-15,17-18,23H,11-13H2,1-5H3/b19-14+/t15-,17-,18-/m1/s1. The Kier molecular flexibility index (Phi) is 7.96. The molecule has 3 atom stereocenters. The summed E-state index contributed by atoms with van der Waals surface area (Å²) in [5, 5.41) is 10.3. The Morgan fingerprint density at radius 2 is 1.85 bits per heavy atom. The van der Waals surface area contributed by atoms with Crippen LogP contribution in [0, 0.1) is 11.8 Å². The summed E-state index contributed by atoms with van der Waals surface area (Å²) >= 11 is 3.12. The maximum atomic E-state index is 10.3. The van der Waals surface area contributed by atoms with Crippen LogP contribution in [0.3, 0.4) is 0 Å². The molecule has 1 aliphatic rings. The number of thioether (sulfide) groups is 2. The van der Waals surface area contributed by atoms with Gasteiger partial charge in [0.25, 0.3) is 5.95 Å². The molecule has 1 saturated carbocycles. The average molecular weight is 394 g/mol. The van der Waals surface area contributed by atoms with E-state index in [1.54, 1.807) is 23.5 Å². The number of aliphatic imine (C=N–C) groups is 1. The van der Waals surface area contributed by atoms with Gasteiger partial charge < -0.3 is 9.84 Å². The first-order chi connectivity index (χ1) is 12.4. The molecule has 1 aromatic rings. The van der Waals surface area contributed by atoms with Crippen LogP contribution in [0.15, 0.2) is 47.5 Å². The van der Waals surface area contributed by atoms with Gasteiger partial charge in [-0.1, -0.05) is 57.5 Å². The molecule has 0 aliphatic heterocycles. The highest BCUT2D eigenvalue weighted by atomic mass is 32.2. The highest BCUT2D eigenvalue weighted by Crippen LogP contribution is 2.44. The molecule has 0 bridgehead atoms. The Hall–Kier alpha value is -1.07. The first kappa shape index (κ1) is 21.2. The zero-order chi connectivity index (χ0) is 19.2. The van der Waals surface area contributed by atoms with Gasteiger partial charge in [0.1, 0.15) is 16.7 Å². The molecule has 1 N–H and O–H groups in total. The zero-order valence-electron chi connectivity index (χ0n) is 16.4. The van der Waals surface area contributed by atoms with Gasteiger partial charge in [-0.05, 0) is 42.2 Å². The predicted molar refractivity (Wildman–Crippen MR) is 116 cm³/mol. The molecule has 0 saturated heterocycles. The Balaban J connectivity index is 2.20. The lowest BCUT2D eigenvalue weighted by Crippen LogP contribution is -2.42. The minimum Gasteiger partial charge on any atom is -0.480 e. The number of rotatable bonds is 5. The van der Waals surface area contributed by atoms with Gasteiger partial charge in [-0.2, -0.15) is 0 Å². The number of hydrogen-bond acceptors (Lipinski definition) is 5. The number of benzene rings is 1. The molecule has 26 heavy (non-hydrogen) atoms. The molecule has 2 rings (SSSR count). The van der Waals surface area contributed by atoms with Crippen LogP contribution in [-0.4, -0.2) is 28.1 Å². The van der Waals surface area contributed by atoms with Crippen molar-refractivity contribution in [2.24, 2.45) is 16.8 Å². The van der Waals surface area contributed by atoms with E-state index in [1.165, 1.54) is 18.2 Å². The van der Waals surface area contributed by atoms with Crippen molar-refractivity contribution in [3.8, 4) is 0 Å². The van der Waals surface area contributed by atoms with Gasteiger partial charge >= 0.3 is 0 Å². The Morgan fingerprint density at radius 1 is 1.19 bits per heavy atom. The van der Waals surface area contributed by atoms with E-state index in [1.807, 2.05) is 12.5 Å². The molecule has 0 unspecified atom stereocenters. The Labute approximate surface area is 166 Å². The summed E-state index contributed by atoms with van der Waals surface area (Å²) in [4.78, 5) is 4.30. The summed E-state index contributed by atoms with van der Waals surface area (Å²) in [5.41, 5.74) is 1.31. The van der Waals surface area contributed by atoms with Crippen LogP contribution in [0.5, 0.6) is 0 Å². The molecular weight excluding hydrogens is 362 g/mol. The fourth-order valence-electron chi connectivity index (χ4n) is 3.85. The first-order valence-electron chi connectivity index (χ1n) is 9.15. The Morgan fingerprint density at radius 3 is 2.46 bits per heavy atom. The third-order valence-electron chi connectivity index (χ3n) is 5.40. The van der Waals surface area contributed by atoms with Gasteiger partial charge in [0.05, 0.1) is 0 Å². The highest BCUT2D eigenvalue weighted by molar-refractivity contribution is 8.38. The zero-order valence-corrected chi connectivity index (χ0v) is 18.1. The lowest BCUT2D eigenvalue weighted by Gasteiger charge is -2.44. The number of hydrogen-bond donors (Lipinski definition) is 1. The van der Waals surface area contributed by atoms with Crippen LogP contribution in [-0.2, 0) is 10.2 Å². The van der Waals surface area contributed by atoms with E-state index >= 15 is 0 Å².